The van der Waals surface area contributed by atoms with Crippen molar-refractivity contribution in [2.75, 3.05) is 44.8 Å². The van der Waals surface area contributed by atoms with Crippen LogP contribution in [-0.4, -0.2) is 60.2 Å². The summed E-state index contributed by atoms with van der Waals surface area (Å²) in [7, 11) is 0. The number of rotatable bonds is 6. The lowest BCUT2D eigenvalue weighted by atomic mass is 10.1. The Hall–Kier alpha value is -3.03. The van der Waals surface area contributed by atoms with Crippen molar-refractivity contribution in [3.8, 4) is 29.0 Å². The Morgan fingerprint density at radius 3 is 2.80 bits per heavy atom. The highest BCUT2D eigenvalue weighted by Crippen LogP contribution is 2.32. The number of nitrogens with zero attached hydrogens (tertiary/aromatic N) is 2. The second-order valence-electron chi connectivity index (χ2n) is 6.49. The molecule has 0 spiro atoms. The average molecular weight is 422 g/mol. The van der Waals surface area contributed by atoms with Crippen LogP contribution in [0, 0.1) is 11.8 Å². The van der Waals surface area contributed by atoms with Crippen molar-refractivity contribution in [3.63, 3.8) is 0 Å². The summed E-state index contributed by atoms with van der Waals surface area (Å²) in [4.78, 5) is 20.2. The van der Waals surface area contributed by atoms with E-state index in [0.29, 0.717) is 43.4 Å². The van der Waals surface area contributed by atoms with Gasteiger partial charge in [-0.3, -0.25) is 9.69 Å². The predicted molar refractivity (Wildman–Crippen MR) is 104 cm³/mol. The summed E-state index contributed by atoms with van der Waals surface area (Å²) in [6.45, 7) is 5.57. The van der Waals surface area contributed by atoms with E-state index in [1.807, 2.05) is 0 Å². The topological polar surface area (TPSA) is 79.5 Å². The van der Waals surface area contributed by atoms with Gasteiger partial charge >= 0.3 is 6.18 Å². The van der Waals surface area contributed by atoms with Crippen LogP contribution in [0.25, 0.3) is 11.4 Å². The number of ether oxygens (including phenoxy) is 2. The first-order valence-corrected chi connectivity index (χ1v) is 9.30. The number of anilines is 1. The molecule has 0 radical (unpaired) electrons. The number of aromatic amines is 1. The van der Waals surface area contributed by atoms with Crippen LogP contribution >= 0.6 is 0 Å². The molecule has 0 unspecified atom stereocenters. The minimum Gasteiger partial charge on any atom is -0.490 e. The van der Waals surface area contributed by atoms with E-state index in [9.17, 15) is 18.0 Å². The van der Waals surface area contributed by atoms with E-state index in [-0.39, 0.29) is 5.82 Å². The second kappa shape index (κ2) is 9.65. The molecule has 10 heteroatoms. The summed E-state index contributed by atoms with van der Waals surface area (Å²) in [6.07, 6.45) is -3.80. The zero-order valence-corrected chi connectivity index (χ0v) is 16.3. The number of imidazole rings is 1. The Morgan fingerprint density at radius 1 is 1.37 bits per heavy atom. The monoisotopic (exact) mass is 422 g/mol. The maximum atomic E-state index is 12.8. The molecule has 1 aromatic heterocycles. The fourth-order valence-corrected chi connectivity index (χ4v) is 2.89. The van der Waals surface area contributed by atoms with Crippen molar-refractivity contribution in [2.24, 2.45) is 0 Å². The molecule has 0 aliphatic carbocycles. The number of carbonyl (C=O) groups excluding carboxylic acids is 1. The maximum Gasteiger partial charge on any atom is 0.432 e. The summed E-state index contributed by atoms with van der Waals surface area (Å²) in [5.74, 6) is 4.72. The minimum atomic E-state index is -4.53. The molecule has 1 saturated heterocycles. The number of hydrogen-bond acceptors (Lipinski definition) is 5. The van der Waals surface area contributed by atoms with Crippen molar-refractivity contribution < 1.29 is 27.4 Å². The summed E-state index contributed by atoms with van der Waals surface area (Å²) in [5, 5.41) is 2.61. The van der Waals surface area contributed by atoms with Gasteiger partial charge in [-0.2, -0.15) is 13.2 Å². The third-order valence-corrected chi connectivity index (χ3v) is 4.39. The van der Waals surface area contributed by atoms with Gasteiger partial charge in [-0.1, -0.05) is 5.92 Å². The molecule has 1 aliphatic heterocycles. The van der Waals surface area contributed by atoms with Gasteiger partial charge in [0.1, 0.15) is 23.9 Å². The largest absolute Gasteiger partial charge is 0.490 e. The highest BCUT2D eigenvalue weighted by Gasteiger charge is 2.33. The molecule has 1 amide bonds. The van der Waals surface area contributed by atoms with Crippen molar-refractivity contribution in [1.82, 2.24) is 14.9 Å². The lowest BCUT2D eigenvalue weighted by molar-refractivity contribution is -0.140. The molecule has 0 saturated carbocycles. The molecular formula is C20H21F3N4O3. The quantitative estimate of drug-likeness (QED) is 0.700. The highest BCUT2D eigenvalue weighted by molar-refractivity contribution is 6.05. The van der Waals surface area contributed by atoms with Crippen LogP contribution in [0.15, 0.2) is 24.4 Å². The zero-order chi connectivity index (χ0) is 21.6. The van der Waals surface area contributed by atoms with Gasteiger partial charge in [0.2, 0.25) is 0 Å². The van der Waals surface area contributed by atoms with Crippen LogP contribution in [0.5, 0.6) is 5.75 Å². The van der Waals surface area contributed by atoms with E-state index >= 15 is 0 Å². The molecule has 2 N–H and O–H groups in total. The van der Waals surface area contributed by atoms with Crippen molar-refractivity contribution in [1.29, 1.82) is 0 Å². The van der Waals surface area contributed by atoms with Crippen LogP contribution in [0.1, 0.15) is 12.6 Å². The number of morpholine rings is 1. The van der Waals surface area contributed by atoms with Gasteiger partial charge in [-0.15, -0.1) is 0 Å². The maximum absolute atomic E-state index is 12.8. The standard InChI is InChI=1S/C20H21F3N4O3/c1-2-3-18(28)25-15-12-14(19-24-13-17(26-19)20(21,22)23)4-5-16(15)30-11-8-27-6-9-29-10-7-27/h4-5,12-13H,6-11H2,1H3,(H,24,26)(H,25,28). The van der Waals surface area contributed by atoms with Crippen LogP contribution in [0.3, 0.4) is 0 Å². The number of hydrogen-bond donors (Lipinski definition) is 2. The molecule has 30 heavy (non-hydrogen) atoms. The van der Waals surface area contributed by atoms with Crippen LogP contribution in [0.2, 0.25) is 0 Å². The van der Waals surface area contributed by atoms with E-state index in [4.69, 9.17) is 9.47 Å². The van der Waals surface area contributed by atoms with Crippen molar-refractivity contribution in [2.45, 2.75) is 13.1 Å². The summed E-state index contributed by atoms with van der Waals surface area (Å²) in [6, 6.07) is 4.65. The van der Waals surface area contributed by atoms with Gasteiger partial charge in [0, 0.05) is 25.2 Å². The Kier molecular flexibility index (Phi) is 6.97. The number of nitrogens with one attached hydrogen (secondary N) is 2. The fraction of sp³-hybridized carbons (Fsp3) is 0.400. The number of halogens is 3. The number of alkyl halides is 3. The molecule has 2 heterocycles. The molecule has 1 aliphatic rings. The lowest BCUT2D eigenvalue weighted by Crippen LogP contribution is -2.38. The third-order valence-electron chi connectivity index (χ3n) is 4.39. The SMILES string of the molecule is CC#CC(=O)Nc1cc(-c2ncc(C(F)(F)F)[nH]2)ccc1OCCN1CCOCC1. The normalized spacial score (nSPS) is 14.7. The van der Waals surface area contributed by atoms with Gasteiger partial charge < -0.3 is 19.8 Å². The highest BCUT2D eigenvalue weighted by atomic mass is 19.4. The molecule has 7 nitrogen and oxygen atoms in total. The van der Waals surface area contributed by atoms with Crippen molar-refractivity contribution in [3.05, 3.63) is 30.1 Å². The Morgan fingerprint density at radius 2 is 2.13 bits per heavy atom. The van der Waals surface area contributed by atoms with E-state index in [0.717, 1.165) is 19.3 Å². The molecular weight excluding hydrogens is 401 g/mol. The predicted octanol–water partition coefficient (Wildman–Crippen LogP) is 2.77. The third kappa shape index (κ3) is 5.75. The zero-order valence-electron chi connectivity index (χ0n) is 16.3. The summed E-state index contributed by atoms with van der Waals surface area (Å²) < 4.78 is 49.6. The van der Waals surface area contributed by atoms with Crippen LogP contribution in [-0.2, 0) is 15.7 Å². The van der Waals surface area contributed by atoms with E-state index in [1.165, 1.54) is 13.0 Å². The van der Waals surface area contributed by atoms with E-state index < -0.39 is 17.8 Å². The molecule has 160 valence electrons. The number of amides is 1. The molecule has 3 rings (SSSR count). The first kappa shape index (κ1) is 21.7. The van der Waals surface area contributed by atoms with Gasteiger partial charge in [0.15, 0.2) is 0 Å². The lowest BCUT2D eigenvalue weighted by Gasteiger charge is -2.26. The van der Waals surface area contributed by atoms with E-state index in [2.05, 4.69) is 32.0 Å². The first-order valence-electron chi connectivity index (χ1n) is 9.30. The summed E-state index contributed by atoms with van der Waals surface area (Å²) >= 11 is 0. The Bertz CT molecular complexity index is 941. The molecule has 2 aromatic rings. The number of H-pyrrole nitrogens is 1. The molecule has 0 atom stereocenters. The van der Waals surface area contributed by atoms with Crippen LogP contribution < -0.4 is 10.1 Å². The molecule has 0 bridgehead atoms. The number of benzene rings is 1. The Balaban J connectivity index is 1.78. The Labute approximate surface area is 171 Å². The molecule has 1 aromatic carbocycles. The van der Waals surface area contributed by atoms with Gasteiger partial charge in [-0.05, 0) is 31.0 Å². The summed E-state index contributed by atoms with van der Waals surface area (Å²) in [5.41, 5.74) is -0.288. The van der Waals surface area contributed by atoms with E-state index in [1.54, 1.807) is 12.1 Å². The number of carbonyl (C=O) groups is 1. The van der Waals surface area contributed by atoms with Gasteiger partial charge in [0.05, 0.1) is 25.1 Å². The van der Waals surface area contributed by atoms with Crippen LogP contribution in [0.4, 0.5) is 18.9 Å². The first-order chi connectivity index (χ1) is 14.4. The van der Waals surface area contributed by atoms with Gasteiger partial charge in [0.25, 0.3) is 5.91 Å². The average Bonchev–Trinajstić information content (AvgIpc) is 3.21. The minimum absolute atomic E-state index is 0.0271. The number of aromatic nitrogens is 2. The fourth-order valence-electron chi connectivity index (χ4n) is 2.89. The molecule has 1 fully saturated rings. The second-order valence-corrected chi connectivity index (χ2v) is 6.49. The van der Waals surface area contributed by atoms with Gasteiger partial charge in [-0.25, -0.2) is 4.98 Å². The smallest absolute Gasteiger partial charge is 0.432 e. The van der Waals surface area contributed by atoms with Crippen molar-refractivity contribution >= 4 is 11.6 Å².